The summed E-state index contributed by atoms with van der Waals surface area (Å²) in [6, 6.07) is 16.3. The summed E-state index contributed by atoms with van der Waals surface area (Å²) in [5.74, 6) is 1.08. The van der Waals surface area contributed by atoms with E-state index in [-0.39, 0.29) is 16.3 Å². The second-order valence-corrected chi connectivity index (χ2v) is 9.54. The zero-order valence-electron chi connectivity index (χ0n) is 20.9. The number of rotatable bonds is 11. The molecule has 10 heteroatoms. The number of sulfonamides is 1. The van der Waals surface area contributed by atoms with E-state index in [1.165, 1.54) is 27.4 Å². The van der Waals surface area contributed by atoms with E-state index in [1.54, 1.807) is 61.5 Å². The molecule has 0 spiro atoms. The minimum absolute atomic E-state index is 0.0503. The van der Waals surface area contributed by atoms with Gasteiger partial charge in [-0.3, -0.25) is 9.10 Å². The third-order valence-electron chi connectivity index (χ3n) is 5.29. The normalized spacial score (nSPS) is 10.9. The van der Waals surface area contributed by atoms with Crippen LogP contribution in [0.5, 0.6) is 23.0 Å². The lowest BCUT2D eigenvalue weighted by Gasteiger charge is -2.25. The Morgan fingerprint density at radius 1 is 0.861 bits per heavy atom. The smallest absolute Gasteiger partial charge is 0.268 e. The summed E-state index contributed by atoms with van der Waals surface area (Å²) in [7, 11) is 0.159. The highest BCUT2D eigenvalue weighted by atomic mass is 32.2. The van der Waals surface area contributed by atoms with Gasteiger partial charge in [0.15, 0.2) is 0 Å². The van der Waals surface area contributed by atoms with Gasteiger partial charge in [0.05, 0.1) is 39.3 Å². The van der Waals surface area contributed by atoms with Gasteiger partial charge in [0.1, 0.15) is 34.4 Å². The highest BCUT2D eigenvalue weighted by molar-refractivity contribution is 7.93. The Hall–Kier alpha value is -3.92. The molecule has 0 unspecified atom stereocenters. The molecule has 36 heavy (non-hydrogen) atoms. The molecule has 0 aromatic heterocycles. The zero-order chi connectivity index (χ0) is 26.3. The number of amides is 1. The number of carbonyl (C=O) groups is 1. The zero-order valence-corrected chi connectivity index (χ0v) is 21.7. The second-order valence-electron chi connectivity index (χ2n) is 7.71. The Kier molecular flexibility index (Phi) is 8.65. The Morgan fingerprint density at radius 2 is 1.50 bits per heavy atom. The Labute approximate surface area is 211 Å². The monoisotopic (exact) mass is 514 g/mol. The molecular weight excluding hydrogens is 484 g/mol. The summed E-state index contributed by atoms with van der Waals surface area (Å²) in [4.78, 5) is 13.1. The van der Waals surface area contributed by atoms with E-state index in [0.717, 1.165) is 9.87 Å². The van der Waals surface area contributed by atoms with Crippen molar-refractivity contribution in [2.75, 3.05) is 44.1 Å². The molecule has 192 valence electrons. The topological polar surface area (TPSA) is 103 Å². The van der Waals surface area contributed by atoms with Gasteiger partial charge in [-0.15, -0.1) is 0 Å². The highest BCUT2D eigenvalue weighted by Gasteiger charge is 2.30. The lowest BCUT2D eigenvalue weighted by molar-refractivity contribution is -0.114. The molecule has 0 saturated carbocycles. The van der Waals surface area contributed by atoms with Gasteiger partial charge in [0, 0.05) is 6.07 Å². The summed E-state index contributed by atoms with van der Waals surface area (Å²) < 4.78 is 50.1. The summed E-state index contributed by atoms with van der Waals surface area (Å²) >= 11 is 0. The van der Waals surface area contributed by atoms with Crippen molar-refractivity contribution >= 4 is 27.3 Å². The number of benzene rings is 3. The van der Waals surface area contributed by atoms with Crippen molar-refractivity contribution in [2.24, 2.45) is 0 Å². The number of ether oxygens (including phenoxy) is 4. The molecule has 0 aliphatic carbocycles. The van der Waals surface area contributed by atoms with Crippen molar-refractivity contribution in [1.29, 1.82) is 0 Å². The highest BCUT2D eigenvalue weighted by Crippen LogP contribution is 2.33. The van der Waals surface area contributed by atoms with Crippen LogP contribution in [-0.2, 0) is 14.8 Å². The molecule has 0 bridgehead atoms. The van der Waals surface area contributed by atoms with E-state index in [2.05, 4.69) is 5.32 Å². The molecule has 0 heterocycles. The Morgan fingerprint density at radius 3 is 2.11 bits per heavy atom. The first-order valence-corrected chi connectivity index (χ1v) is 12.6. The molecule has 1 N–H and O–H groups in total. The fourth-order valence-corrected chi connectivity index (χ4v) is 5.19. The predicted octanol–water partition coefficient (Wildman–Crippen LogP) is 4.25. The van der Waals surface area contributed by atoms with Crippen molar-refractivity contribution < 1.29 is 32.2 Å². The maximum Gasteiger partial charge on any atom is 0.268 e. The quantitative estimate of drug-likeness (QED) is 0.408. The Balaban J connectivity index is 2.03. The Bertz CT molecular complexity index is 1310. The largest absolute Gasteiger partial charge is 0.497 e. The van der Waals surface area contributed by atoms with Crippen LogP contribution in [0.15, 0.2) is 65.6 Å². The number of aryl methyl sites for hydroxylation is 1. The van der Waals surface area contributed by atoms with Crippen molar-refractivity contribution in [3.8, 4) is 23.0 Å². The molecule has 0 saturated heterocycles. The number of methoxy groups -OCH3 is 3. The van der Waals surface area contributed by atoms with Gasteiger partial charge in [-0.25, -0.2) is 8.42 Å². The number of anilines is 2. The van der Waals surface area contributed by atoms with Gasteiger partial charge in [-0.2, -0.15) is 0 Å². The molecule has 3 rings (SSSR count). The van der Waals surface area contributed by atoms with Gasteiger partial charge in [-0.05, 0) is 67.9 Å². The number of hydrogen-bond acceptors (Lipinski definition) is 7. The lowest BCUT2D eigenvalue weighted by atomic mass is 10.2. The van der Waals surface area contributed by atoms with Crippen molar-refractivity contribution in [1.82, 2.24) is 0 Å². The summed E-state index contributed by atoms with van der Waals surface area (Å²) in [6.07, 6.45) is 0. The molecule has 0 aliphatic heterocycles. The minimum Gasteiger partial charge on any atom is -0.497 e. The first-order chi connectivity index (χ1) is 17.2. The van der Waals surface area contributed by atoms with Gasteiger partial charge >= 0.3 is 0 Å². The molecule has 1 amide bonds. The van der Waals surface area contributed by atoms with Gasteiger partial charge in [0.25, 0.3) is 10.0 Å². The van der Waals surface area contributed by atoms with Crippen LogP contribution in [0.4, 0.5) is 11.4 Å². The summed E-state index contributed by atoms with van der Waals surface area (Å²) in [5, 5.41) is 2.73. The van der Waals surface area contributed by atoms with Crippen LogP contribution >= 0.6 is 0 Å². The third-order valence-corrected chi connectivity index (χ3v) is 7.09. The van der Waals surface area contributed by atoms with E-state index in [1.807, 2.05) is 6.92 Å². The molecule has 0 radical (unpaired) electrons. The summed E-state index contributed by atoms with van der Waals surface area (Å²) in [5.41, 5.74) is 1.36. The van der Waals surface area contributed by atoms with Crippen LogP contribution in [0.1, 0.15) is 12.5 Å². The molecule has 0 atom stereocenters. The maximum absolute atomic E-state index is 13.9. The SMILES string of the molecule is CCOc1ccc(N(CC(=O)Nc2cc(OC)ccc2OC)S(=O)(=O)c2cc(C)ccc2OC)cc1. The fourth-order valence-electron chi connectivity index (χ4n) is 3.53. The molecule has 0 fully saturated rings. The van der Waals surface area contributed by atoms with Crippen LogP contribution in [0, 0.1) is 6.92 Å². The molecular formula is C26H30N2O7S. The van der Waals surface area contributed by atoms with Crippen molar-refractivity contribution in [2.45, 2.75) is 18.7 Å². The van der Waals surface area contributed by atoms with Crippen LogP contribution in [-0.4, -0.2) is 48.8 Å². The maximum atomic E-state index is 13.9. The molecule has 3 aromatic carbocycles. The van der Waals surface area contributed by atoms with E-state index >= 15 is 0 Å². The average Bonchev–Trinajstić information content (AvgIpc) is 2.88. The first-order valence-electron chi connectivity index (χ1n) is 11.2. The molecule has 9 nitrogen and oxygen atoms in total. The number of carbonyl (C=O) groups excluding carboxylic acids is 1. The first kappa shape index (κ1) is 26.7. The lowest BCUT2D eigenvalue weighted by Crippen LogP contribution is -2.38. The molecule has 0 aliphatic rings. The number of hydrogen-bond donors (Lipinski definition) is 1. The van der Waals surface area contributed by atoms with E-state index < -0.39 is 22.5 Å². The van der Waals surface area contributed by atoms with Crippen LogP contribution in [0.25, 0.3) is 0 Å². The minimum atomic E-state index is -4.21. The fraction of sp³-hybridized carbons (Fsp3) is 0.269. The second kappa shape index (κ2) is 11.7. The third kappa shape index (κ3) is 6.01. The van der Waals surface area contributed by atoms with Crippen LogP contribution < -0.4 is 28.6 Å². The van der Waals surface area contributed by atoms with Gasteiger partial charge in [0.2, 0.25) is 5.91 Å². The van der Waals surface area contributed by atoms with Gasteiger partial charge < -0.3 is 24.3 Å². The van der Waals surface area contributed by atoms with Crippen molar-refractivity contribution in [3.05, 3.63) is 66.2 Å². The molecule has 3 aromatic rings. The summed E-state index contributed by atoms with van der Waals surface area (Å²) in [6.45, 7) is 3.59. The van der Waals surface area contributed by atoms with Crippen molar-refractivity contribution in [3.63, 3.8) is 0 Å². The van der Waals surface area contributed by atoms with E-state index in [9.17, 15) is 13.2 Å². The van der Waals surface area contributed by atoms with Crippen LogP contribution in [0.2, 0.25) is 0 Å². The van der Waals surface area contributed by atoms with E-state index in [4.69, 9.17) is 18.9 Å². The van der Waals surface area contributed by atoms with Gasteiger partial charge in [-0.1, -0.05) is 6.07 Å². The van der Waals surface area contributed by atoms with E-state index in [0.29, 0.717) is 29.5 Å². The predicted molar refractivity (Wildman–Crippen MR) is 138 cm³/mol. The van der Waals surface area contributed by atoms with Crippen LogP contribution in [0.3, 0.4) is 0 Å². The average molecular weight is 515 g/mol. The number of nitrogens with zero attached hydrogens (tertiary/aromatic N) is 1. The standard InChI is InChI=1S/C26H30N2O7S/c1-6-35-20-10-8-19(9-11-20)28(36(30,31)25-15-18(2)7-13-24(25)34-5)17-26(29)27-22-16-21(32-3)12-14-23(22)33-4/h7-16H,6,17H2,1-5H3,(H,27,29). The number of nitrogens with one attached hydrogen (secondary N) is 1.